The average molecular weight is 207 g/mol. The van der Waals surface area contributed by atoms with Crippen molar-refractivity contribution in [3.05, 3.63) is 28.5 Å². The van der Waals surface area contributed by atoms with Crippen molar-refractivity contribution in [2.45, 2.75) is 6.18 Å². The second kappa shape index (κ2) is 3.23. The smallest absolute Gasteiger partial charge is 0.232 e. The van der Waals surface area contributed by atoms with Gasteiger partial charge in [0.2, 0.25) is 0 Å². The summed E-state index contributed by atoms with van der Waals surface area (Å²) in [6.07, 6.45) is -4.57. The Morgan fingerprint density at radius 3 is 2.46 bits per heavy atom. The topological polar surface area (TPSA) is 36.7 Å². The number of alkyl halides is 3. The highest BCUT2D eigenvalue weighted by Gasteiger charge is 2.33. The van der Waals surface area contributed by atoms with E-state index in [0.717, 1.165) is 6.07 Å². The summed E-state index contributed by atoms with van der Waals surface area (Å²) in [4.78, 5) is 3.04. The maximum atomic E-state index is 12.1. The van der Waals surface area contributed by atoms with E-state index in [2.05, 4.69) is 4.98 Å². The van der Waals surface area contributed by atoms with Gasteiger partial charge in [0.1, 0.15) is 10.8 Å². The van der Waals surface area contributed by atoms with E-state index in [4.69, 9.17) is 16.9 Å². The Bertz CT molecular complexity index is 367. The van der Waals surface area contributed by atoms with Crippen molar-refractivity contribution in [2.75, 3.05) is 0 Å². The zero-order chi connectivity index (χ0) is 10.1. The van der Waals surface area contributed by atoms with Crippen molar-refractivity contribution in [3.8, 4) is 6.07 Å². The molecule has 0 spiro atoms. The van der Waals surface area contributed by atoms with Gasteiger partial charge in [-0.1, -0.05) is 11.6 Å². The molecule has 0 aliphatic heterocycles. The lowest BCUT2D eigenvalue weighted by Crippen LogP contribution is -2.08. The molecule has 68 valence electrons. The van der Waals surface area contributed by atoms with Gasteiger partial charge >= 0.3 is 6.18 Å². The van der Waals surface area contributed by atoms with E-state index in [9.17, 15) is 13.2 Å². The number of halogens is 4. The van der Waals surface area contributed by atoms with Crippen LogP contribution in [-0.4, -0.2) is 4.98 Å². The summed E-state index contributed by atoms with van der Waals surface area (Å²) in [7, 11) is 0. The van der Waals surface area contributed by atoms with Crippen LogP contribution in [0.2, 0.25) is 5.15 Å². The largest absolute Gasteiger partial charge is 0.433 e. The van der Waals surface area contributed by atoms with Crippen molar-refractivity contribution in [2.24, 2.45) is 0 Å². The number of nitrogens with zero attached hydrogens (tertiary/aromatic N) is 2. The van der Waals surface area contributed by atoms with Crippen LogP contribution in [-0.2, 0) is 6.18 Å². The van der Waals surface area contributed by atoms with E-state index in [1.165, 1.54) is 0 Å². The van der Waals surface area contributed by atoms with Gasteiger partial charge in [0, 0.05) is 0 Å². The summed E-state index contributed by atoms with van der Waals surface area (Å²) in [6, 6.07) is 3.27. The van der Waals surface area contributed by atoms with Crippen molar-refractivity contribution in [1.82, 2.24) is 4.98 Å². The first-order chi connectivity index (χ1) is 5.93. The van der Waals surface area contributed by atoms with Crippen LogP contribution in [0.15, 0.2) is 12.1 Å². The average Bonchev–Trinajstić information content (AvgIpc) is 2.01. The number of pyridine rings is 1. The molecule has 13 heavy (non-hydrogen) atoms. The minimum Gasteiger partial charge on any atom is -0.232 e. The third-order valence-corrected chi connectivity index (χ3v) is 1.41. The number of aromatic nitrogens is 1. The minimum atomic E-state index is -4.57. The van der Waals surface area contributed by atoms with Crippen LogP contribution < -0.4 is 0 Å². The maximum absolute atomic E-state index is 12.1. The van der Waals surface area contributed by atoms with Gasteiger partial charge in [-0.3, -0.25) is 0 Å². The molecule has 0 aromatic carbocycles. The molecule has 0 fully saturated rings. The monoisotopic (exact) mass is 206 g/mol. The molecule has 0 atom stereocenters. The predicted molar refractivity (Wildman–Crippen MR) is 39.0 cm³/mol. The van der Waals surface area contributed by atoms with Crippen LogP contribution in [0.3, 0.4) is 0 Å². The van der Waals surface area contributed by atoms with Gasteiger partial charge in [-0.25, -0.2) is 4.98 Å². The van der Waals surface area contributed by atoms with Crippen LogP contribution in [0.5, 0.6) is 0 Å². The molecule has 1 rings (SSSR count). The van der Waals surface area contributed by atoms with Gasteiger partial charge in [0.05, 0.1) is 11.6 Å². The standard InChI is InChI=1S/C7H2ClF3N2/c8-6-2-4(3-12)1-5(13-6)7(9,10)11/h1-2H. The van der Waals surface area contributed by atoms with Crippen molar-refractivity contribution < 1.29 is 13.2 Å². The van der Waals surface area contributed by atoms with Crippen molar-refractivity contribution >= 4 is 11.6 Å². The summed E-state index contributed by atoms with van der Waals surface area (Å²) >= 11 is 5.27. The van der Waals surface area contributed by atoms with Crippen LogP contribution in [0.4, 0.5) is 13.2 Å². The van der Waals surface area contributed by atoms with Crippen LogP contribution in [0, 0.1) is 11.3 Å². The van der Waals surface area contributed by atoms with Crippen LogP contribution in [0.1, 0.15) is 11.3 Å². The number of hydrogen-bond donors (Lipinski definition) is 0. The molecule has 0 amide bonds. The highest BCUT2D eigenvalue weighted by molar-refractivity contribution is 6.29. The maximum Gasteiger partial charge on any atom is 0.433 e. The normalized spacial score (nSPS) is 11.0. The van der Waals surface area contributed by atoms with E-state index in [-0.39, 0.29) is 10.7 Å². The zero-order valence-corrected chi connectivity index (χ0v) is 6.82. The number of hydrogen-bond acceptors (Lipinski definition) is 2. The molecule has 0 radical (unpaired) electrons. The predicted octanol–water partition coefficient (Wildman–Crippen LogP) is 2.63. The van der Waals surface area contributed by atoms with Crippen LogP contribution >= 0.6 is 11.6 Å². The van der Waals surface area contributed by atoms with E-state index in [1.807, 2.05) is 0 Å². The minimum absolute atomic E-state index is 0.160. The summed E-state index contributed by atoms with van der Waals surface area (Å²) in [5.74, 6) is 0. The van der Waals surface area contributed by atoms with Gasteiger partial charge in [0.15, 0.2) is 0 Å². The van der Waals surface area contributed by atoms with Gasteiger partial charge in [0.25, 0.3) is 0 Å². The number of rotatable bonds is 0. The Morgan fingerprint density at radius 1 is 1.38 bits per heavy atom. The van der Waals surface area contributed by atoms with Gasteiger partial charge in [-0.15, -0.1) is 0 Å². The molecule has 2 nitrogen and oxygen atoms in total. The zero-order valence-electron chi connectivity index (χ0n) is 6.06. The number of nitriles is 1. The molecule has 0 bridgehead atoms. The Hall–Kier alpha value is -1.28. The Morgan fingerprint density at radius 2 is 2.00 bits per heavy atom. The molecule has 0 aliphatic rings. The Balaban J connectivity index is 3.26. The summed E-state index contributed by atoms with van der Waals surface area (Å²) in [5.41, 5.74) is -1.32. The van der Waals surface area contributed by atoms with Crippen LogP contribution in [0.25, 0.3) is 0 Å². The second-order valence-electron chi connectivity index (χ2n) is 2.17. The van der Waals surface area contributed by atoms with Gasteiger partial charge in [-0.2, -0.15) is 18.4 Å². The van der Waals surface area contributed by atoms with Crippen molar-refractivity contribution in [1.29, 1.82) is 5.26 Å². The molecule has 1 aromatic rings. The molecule has 0 N–H and O–H groups in total. The molecular weight excluding hydrogens is 205 g/mol. The quantitative estimate of drug-likeness (QED) is 0.612. The summed E-state index contributed by atoms with van der Waals surface area (Å²) < 4.78 is 36.2. The fourth-order valence-corrected chi connectivity index (χ4v) is 0.915. The summed E-state index contributed by atoms with van der Waals surface area (Å²) in [5, 5.41) is 8.01. The molecule has 0 saturated heterocycles. The lowest BCUT2D eigenvalue weighted by Gasteiger charge is -2.05. The first-order valence-electron chi connectivity index (χ1n) is 3.08. The third kappa shape index (κ3) is 2.33. The third-order valence-electron chi connectivity index (χ3n) is 1.21. The lowest BCUT2D eigenvalue weighted by molar-refractivity contribution is -0.141. The van der Waals surface area contributed by atoms with Gasteiger partial charge < -0.3 is 0 Å². The Kier molecular flexibility index (Phi) is 2.43. The highest BCUT2D eigenvalue weighted by atomic mass is 35.5. The lowest BCUT2D eigenvalue weighted by atomic mass is 10.2. The first-order valence-corrected chi connectivity index (χ1v) is 3.46. The van der Waals surface area contributed by atoms with Gasteiger partial charge in [-0.05, 0) is 12.1 Å². The molecule has 0 aliphatic carbocycles. The van der Waals surface area contributed by atoms with E-state index in [1.54, 1.807) is 6.07 Å². The molecule has 0 unspecified atom stereocenters. The van der Waals surface area contributed by atoms with E-state index in [0.29, 0.717) is 6.07 Å². The molecule has 0 saturated carbocycles. The molecular formula is C7H2ClF3N2. The Labute approximate surface area is 76.6 Å². The van der Waals surface area contributed by atoms with Crippen molar-refractivity contribution in [3.63, 3.8) is 0 Å². The molecule has 1 aromatic heterocycles. The molecule has 1 heterocycles. The fourth-order valence-electron chi connectivity index (χ4n) is 0.707. The molecule has 6 heteroatoms. The first kappa shape index (κ1) is 9.81. The van der Waals surface area contributed by atoms with E-state index < -0.39 is 11.9 Å². The fraction of sp³-hybridized carbons (Fsp3) is 0.143. The van der Waals surface area contributed by atoms with E-state index >= 15 is 0 Å². The summed E-state index contributed by atoms with van der Waals surface area (Å²) in [6.45, 7) is 0. The highest BCUT2D eigenvalue weighted by Crippen LogP contribution is 2.29. The second-order valence-corrected chi connectivity index (χ2v) is 2.56. The SMILES string of the molecule is N#Cc1cc(Cl)nc(C(F)(F)F)c1.